The summed E-state index contributed by atoms with van der Waals surface area (Å²) < 4.78 is 5.18. The van der Waals surface area contributed by atoms with Gasteiger partial charge < -0.3 is 9.64 Å². The fourth-order valence-corrected chi connectivity index (χ4v) is 1.77. The minimum absolute atomic E-state index is 0.0337. The molecule has 0 aromatic rings. The third kappa shape index (κ3) is 10.3. The second-order valence-corrected chi connectivity index (χ2v) is 4.41. The van der Waals surface area contributed by atoms with Gasteiger partial charge in [0, 0.05) is 6.42 Å². The van der Waals surface area contributed by atoms with Crippen LogP contribution in [-0.4, -0.2) is 37.1 Å². The molecular formula is C14H29NO2. The van der Waals surface area contributed by atoms with E-state index in [4.69, 9.17) is 4.74 Å². The minimum Gasteiger partial charge on any atom is -0.466 e. The highest BCUT2D eigenvalue weighted by atomic mass is 16.5. The molecule has 0 spiro atoms. The zero-order valence-electron chi connectivity index (χ0n) is 11.8. The molecule has 102 valence electrons. The van der Waals surface area contributed by atoms with Crippen LogP contribution in [0.1, 0.15) is 59.3 Å². The fourth-order valence-electron chi connectivity index (χ4n) is 1.77. The Kier molecular flexibility index (Phi) is 11.5. The Morgan fingerprint density at radius 2 is 1.71 bits per heavy atom. The van der Waals surface area contributed by atoms with E-state index in [-0.39, 0.29) is 5.97 Å². The normalized spacial score (nSPS) is 10.8. The van der Waals surface area contributed by atoms with Crippen LogP contribution >= 0.6 is 0 Å². The molecule has 0 heterocycles. The average Bonchev–Trinajstić information content (AvgIpc) is 2.34. The largest absolute Gasteiger partial charge is 0.466 e. The first kappa shape index (κ1) is 16.4. The van der Waals surface area contributed by atoms with Gasteiger partial charge in [0.2, 0.25) is 0 Å². The summed E-state index contributed by atoms with van der Waals surface area (Å²) >= 11 is 0. The van der Waals surface area contributed by atoms with Crippen molar-refractivity contribution >= 4 is 5.97 Å². The van der Waals surface area contributed by atoms with Crippen molar-refractivity contribution < 1.29 is 9.53 Å². The molecular weight excluding hydrogens is 214 g/mol. The third-order valence-corrected chi connectivity index (χ3v) is 3.01. The van der Waals surface area contributed by atoms with Crippen LogP contribution in [-0.2, 0) is 9.53 Å². The van der Waals surface area contributed by atoms with Gasteiger partial charge in [-0.3, -0.25) is 4.79 Å². The van der Waals surface area contributed by atoms with Crippen molar-refractivity contribution in [3.63, 3.8) is 0 Å². The van der Waals surface area contributed by atoms with Gasteiger partial charge in [0.25, 0.3) is 0 Å². The Morgan fingerprint density at radius 3 is 2.29 bits per heavy atom. The molecule has 0 aromatic carbocycles. The third-order valence-electron chi connectivity index (χ3n) is 3.01. The molecule has 0 radical (unpaired) electrons. The summed E-state index contributed by atoms with van der Waals surface area (Å²) in [6.07, 6.45) is 6.11. The molecule has 0 saturated heterocycles. The quantitative estimate of drug-likeness (QED) is 0.412. The molecule has 0 amide bonds. The van der Waals surface area contributed by atoms with E-state index in [0.717, 1.165) is 32.5 Å². The molecule has 0 fully saturated rings. The maximum atomic E-state index is 11.4. The molecule has 0 aromatic heterocycles. The number of rotatable bonds is 11. The smallest absolute Gasteiger partial charge is 0.305 e. The van der Waals surface area contributed by atoms with E-state index in [1.807, 2.05) is 0 Å². The highest BCUT2D eigenvalue weighted by Gasteiger charge is 2.04. The lowest BCUT2D eigenvalue weighted by molar-refractivity contribution is -0.143. The van der Waals surface area contributed by atoms with Gasteiger partial charge in [0.05, 0.1) is 6.61 Å². The molecule has 3 nitrogen and oxygen atoms in total. The number of esters is 1. The minimum atomic E-state index is -0.0337. The first-order valence-corrected chi connectivity index (χ1v) is 7.12. The number of unbranched alkanes of at least 4 members (excludes halogenated alkanes) is 3. The van der Waals surface area contributed by atoms with Crippen LogP contribution in [0.4, 0.5) is 0 Å². The highest BCUT2D eigenvalue weighted by Crippen LogP contribution is 2.01. The molecule has 0 aliphatic heterocycles. The summed E-state index contributed by atoms with van der Waals surface area (Å²) in [5, 5.41) is 0. The molecule has 0 bridgehead atoms. The van der Waals surface area contributed by atoms with Crippen LogP contribution in [0.3, 0.4) is 0 Å². The second-order valence-electron chi connectivity index (χ2n) is 4.41. The van der Waals surface area contributed by atoms with E-state index in [0.29, 0.717) is 13.0 Å². The van der Waals surface area contributed by atoms with Gasteiger partial charge in [-0.05, 0) is 32.5 Å². The summed E-state index contributed by atoms with van der Waals surface area (Å²) in [7, 11) is 0. The first-order chi connectivity index (χ1) is 8.24. The van der Waals surface area contributed by atoms with Crippen LogP contribution in [0.5, 0.6) is 0 Å². The topological polar surface area (TPSA) is 29.5 Å². The SMILES string of the molecule is CCCCCCOC(=O)CCCN(CC)CC. The van der Waals surface area contributed by atoms with Gasteiger partial charge in [0.15, 0.2) is 0 Å². The number of nitrogens with zero attached hydrogens (tertiary/aromatic N) is 1. The van der Waals surface area contributed by atoms with Crippen LogP contribution in [0, 0.1) is 0 Å². The standard InChI is InChI=1S/C14H29NO2/c1-4-7-8-9-13-17-14(16)11-10-12-15(5-2)6-3/h4-13H2,1-3H3. The van der Waals surface area contributed by atoms with E-state index in [1.54, 1.807) is 0 Å². The molecule has 0 atom stereocenters. The summed E-state index contributed by atoms with van der Waals surface area (Å²) in [5.41, 5.74) is 0. The summed E-state index contributed by atoms with van der Waals surface area (Å²) in [6, 6.07) is 0. The number of ether oxygens (including phenoxy) is 1. The lowest BCUT2D eigenvalue weighted by Crippen LogP contribution is -2.24. The molecule has 3 heteroatoms. The molecule has 0 unspecified atom stereocenters. The van der Waals surface area contributed by atoms with Crippen molar-refractivity contribution in [1.29, 1.82) is 0 Å². The van der Waals surface area contributed by atoms with E-state index in [9.17, 15) is 4.79 Å². The molecule has 0 aliphatic rings. The highest BCUT2D eigenvalue weighted by molar-refractivity contribution is 5.69. The van der Waals surface area contributed by atoms with Crippen LogP contribution < -0.4 is 0 Å². The Hall–Kier alpha value is -0.570. The molecule has 0 saturated carbocycles. The number of carbonyl (C=O) groups excluding carboxylic acids is 1. The maximum Gasteiger partial charge on any atom is 0.305 e. The number of carbonyl (C=O) groups is 1. The van der Waals surface area contributed by atoms with Crippen molar-refractivity contribution in [2.24, 2.45) is 0 Å². The molecule has 0 aliphatic carbocycles. The predicted octanol–water partition coefficient (Wildman–Crippen LogP) is 3.23. The van der Waals surface area contributed by atoms with Crippen molar-refractivity contribution in [3.8, 4) is 0 Å². The van der Waals surface area contributed by atoms with Crippen molar-refractivity contribution in [1.82, 2.24) is 4.90 Å². The monoisotopic (exact) mass is 243 g/mol. The Bertz CT molecular complexity index is 179. The van der Waals surface area contributed by atoms with Crippen LogP contribution in [0.15, 0.2) is 0 Å². The second kappa shape index (κ2) is 11.9. The van der Waals surface area contributed by atoms with Gasteiger partial charge in [-0.2, -0.15) is 0 Å². The van der Waals surface area contributed by atoms with Gasteiger partial charge in [-0.1, -0.05) is 40.0 Å². The zero-order valence-corrected chi connectivity index (χ0v) is 11.8. The predicted molar refractivity (Wildman–Crippen MR) is 72.1 cm³/mol. The van der Waals surface area contributed by atoms with E-state index < -0.39 is 0 Å². The van der Waals surface area contributed by atoms with Gasteiger partial charge in [0.1, 0.15) is 0 Å². The Labute approximate surface area is 107 Å². The maximum absolute atomic E-state index is 11.4. The van der Waals surface area contributed by atoms with Crippen molar-refractivity contribution in [3.05, 3.63) is 0 Å². The lowest BCUT2D eigenvalue weighted by Gasteiger charge is -2.17. The average molecular weight is 243 g/mol. The zero-order chi connectivity index (χ0) is 12.9. The Balaban J connectivity index is 3.34. The van der Waals surface area contributed by atoms with Gasteiger partial charge in [-0.15, -0.1) is 0 Å². The molecule has 0 rings (SSSR count). The molecule has 0 N–H and O–H groups in total. The van der Waals surface area contributed by atoms with Gasteiger partial charge in [-0.25, -0.2) is 0 Å². The lowest BCUT2D eigenvalue weighted by atomic mass is 10.2. The number of hydrogen-bond acceptors (Lipinski definition) is 3. The summed E-state index contributed by atoms with van der Waals surface area (Å²) in [4.78, 5) is 13.7. The van der Waals surface area contributed by atoms with E-state index in [2.05, 4.69) is 25.7 Å². The summed E-state index contributed by atoms with van der Waals surface area (Å²) in [5.74, 6) is -0.0337. The van der Waals surface area contributed by atoms with Crippen LogP contribution in [0.25, 0.3) is 0 Å². The summed E-state index contributed by atoms with van der Waals surface area (Å²) in [6.45, 7) is 10.2. The first-order valence-electron chi connectivity index (χ1n) is 7.12. The van der Waals surface area contributed by atoms with Crippen molar-refractivity contribution in [2.45, 2.75) is 59.3 Å². The van der Waals surface area contributed by atoms with Crippen LogP contribution in [0.2, 0.25) is 0 Å². The number of hydrogen-bond donors (Lipinski definition) is 0. The molecule has 17 heavy (non-hydrogen) atoms. The van der Waals surface area contributed by atoms with Crippen molar-refractivity contribution in [2.75, 3.05) is 26.2 Å². The Morgan fingerprint density at radius 1 is 1.00 bits per heavy atom. The fraction of sp³-hybridized carbons (Fsp3) is 0.929. The van der Waals surface area contributed by atoms with E-state index in [1.165, 1.54) is 19.3 Å². The van der Waals surface area contributed by atoms with E-state index >= 15 is 0 Å². The van der Waals surface area contributed by atoms with Gasteiger partial charge >= 0.3 is 5.97 Å².